The van der Waals surface area contributed by atoms with Crippen molar-refractivity contribution in [2.24, 2.45) is 23.5 Å². The van der Waals surface area contributed by atoms with Crippen molar-refractivity contribution in [2.75, 3.05) is 13.7 Å². The number of ether oxygens (including phenoxy) is 2. The summed E-state index contributed by atoms with van der Waals surface area (Å²) >= 11 is 0. The molecular formula is C33H43ClFN5O7S. The third-order valence-corrected chi connectivity index (χ3v) is 11.9. The maximum absolute atomic E-state index is 14.6. The second-order valence-electron chi connectivity index (χ2n) is 13.6. The Balaban J connectivity index is 0.00000451. The molecule has 7 atom stereocenters. The second kappa shape index (κ2) is 13.4. The number of nitrogens with one attached hydrogen (secondary N) is 2. The van der Waals surface area contributed by atoms with Gasteiger partial charge in [-0.3, -0.25) is 14.4 Å². The molecule has 2 aromatic rings. The summed E-state index contributed by atoms with van der Waals surface area (Å²) < 4.78 is 53.4. The van der Waals surface area contributed by atoms with Crippen LogP contribution in [-0.4, -0.2) is 78.4 Å². The highest BCUT2D eigenvalue weighted by Crippen LogP contribution is 2.48. The van der Waals surface area contributed by atoms with E-state index in [-0.39, 0.29) is 56.5 Å². The van der Waals surface area contributed by atoms with Crippen LogP contribution in [0.2, 0.25) is 0 Å². The number of nitrogens with two attached hydrogens (primary N) is 1. The summed E-state index contributed by atoms with van der Waals surface area (Å²) in [6.45, 7) is 4.06. The molecule has 6 rings (SSSR count). The second-order valence-corrected chi connectivity index (χ2v) is 15.6. The number of alkyl halides is 1. The third kappa shape index (κ3) is 6.84. The topological polar surface area (TPSA) is 170 Å². The summed E-state index contributed by atoms with van der Waals surface area (Å²) in [5, 5.41) is 1.83. The highest BCUT2D eigenvalue weighted by molar-refractivity contribution is 7.91. The Morgan fingerprint density at radius 1 is 1.19 bits per heavy atom. The van der Waals surface area contributed by atoms with E-state index in [4.69, 9.17) is 15.2 Å². The lowest BCUT2D eigenvalue weighted by Gasteiger charge is -2.30. The van der Waals surface area contributed by atoms with Gasteiger partial charge in [-0.15, -0.1) is 12.4 Å². The van der Waals surface area contributed by atoms with Crippen LogP contribution in [0.3, 0.4) is 0 Å². The SMILES string of the molecule is COc1ccc2c(O[C@@H]3C[C@H]4C(=O)N[C@]5(C(=O)NS(=O)(=O)C6(F)CC6)C[C@H]5/C=C\CC[C@@H](C)C[C@@H](C)[C@H](N)C(=O)N4C3)nccc2c1.Cl. The summed E-state index contributed by atoms with van der Waals surface area (Å²) in [4.78, 5) is 47.3. The van der Waals surface area contributed by atoms with Crippen LogP contribution in [0.5, 0.6) is 11.6 Å². The molecule has 1 aromatic carbocycles. The first-order valence-electron chi connectivity index (χ1n) is 16.2. The number of rotatable bonds is 6. The van der Waals surface area contributed by atoms with Gasteiger partial charge in [0.15, 0.2) is 0 Å². The zero-order valence-electron chi connectivity index (χ0n) is 27.2. The number of sulfonamides is 1. The zero-order valence-corrected chi connectivity index (χ0v) is 28.8. The van der Waals surface area contributed by atoms with E-state index in [1.165, 1.54) is 4.90 Å². The van der Waals surface area contributed by atoms with E-state index in [0.29, 0.717) is 24.5 Å². The number of allylic oxidation sites excluding steroid dienone is 1. The van der Waals surface area contributed by atoms with Gasteiger partial charge < -0.3 is 25.4 Å². The number of fused-ring (bicyclic) bond motifs is 3. The molecule has 15 heteroatoms. The number of pyridine rings is 1. The fraction of sp³-hybridized carbons (Fsp3) is 0.576. The van der Waals surface area contributed by atoms with Crippen LogP contribution in [-0.2, 0) is 24.4 Å². The summed E-state index contributed by atoms with van der Waals surface area (Å²) in [7, 11) is -3.03. The predicted octanol–water partition coefficient (Wildman–Crippen LogP) is 3.13. The number of hydrogen-bond donors (Lipinski definition) is 3. The largest absolute Gasteiger partial charge is 0.497 e. The molecule has 1 saturated heterocycles. The van der Waals surface area contributed by atoms with E-state index < -0.39 is 62.4 Å². The van der Waals surface area contributed by atoms with Crippen LogP contribution in [0.25, 0.3) is 10.8 Å². The maximum Gasteiger partial charge on any atom is 0.270 e. The molecule has 0 bridgehead atoms. The summed E-state index contributed by atoms with van der Waals surface area (Å²) in [6.07, 6.45) is 6.69. The van der Waals surface area contributed by atoms with Crippen molar-refractivity contribution in [3.05, 3.63) is 42.6 Å². The molecule has 4 N–H and O–H groups in total. The van der Waals surface area contributed by atoms with Crippen molar-refractivity contribution in [3.63, 3.8) is 0 Å². The predicted molar refractivity (Wildman–Crippen MR) is 178 cm³/mol. The Bertz CT molecular complexity index is 1720. The smallest absolute Gasteiger partial charge is 0.270 e. The third-order valence-electron chi connectivity index (χ3n) is 10.0. The van der Waals surface area contributed by atoms with Crippen molar-refractivity contribution >= 4 is 50.9 Å². The van der Waals surface area contributed by atoms with Gasteiger partial charge in [-0.25, -0.2) is 22.5 Å². The Morgan fingerprint density at radius 2 is 1.94 bits per heavy atom. The number of methoxy groups -OCH3 is 1. The zero-order chi connectivity index (χ0) is 33.7. The molecule has 3 fully saturated rings. The number of benzene rings is 1. The molecule has 262 valence electrons. The van der Waals surface area contributed by atoms with Gasteiger partial charge in [0.1, 0.15) is 23.4 Å². The lowest BCUT2D eigenvalue weighted by Crippen LogP contribution is -2.58. The van der Waals surface area contributed by atoms with E-state index >= 15 is 0 Å². The minimum Gasteiger partial charge on any atom is -0.497 e. The highest BCUT2D eigenvalue weighted by atomic mass is 35.5. The van der Waals surface area contributed by atoms with Crippen molar-refractivity contribution in [2.45, 2.75) is 87.5 Å². The highest BCUT2D eigenvalue weighted by Gasteiger charge is 2.64. The minimum atomic E-state index is -4.60. The molecule has 0 radical (unpaired) electrons. The molecule has 2 saturated carbocycles. The van der Waals surface area contributed by atoms with Crippen LogP contribution >= 0.6 is 12.4 Å². The van der Waals surface area contributed by atoms with E-state index in [0.717, 1.165) is 17.2 Å². The molecule has 3 amide bonds. The van der Waals surface area contributed by atoms with Gasteiger partial charge in [0.05, 0.1) is 19.7 Å². The molecular weight excluding hydrogens is 665 g/mol. The lowest BCUT2D eigenvalue weighted by atomic mass is 9.88. The van der Waals surface area contributed by atoms with Crippen molar-refractivity contribution < 1.29 is 36.7 Å². The average Bonchev–Trinajstić information content (AvgIpc) is 3.92. The van der Waals surface area contributed by atoms with Gasteiger partial charge >= 0.3 is 0 Å². The molecule has 4 aliphatic rings. The number of carbonyl (C=O) groups excluding carboxylic acids is 3. The Morgan fingerprint density at radius 3 is 2.65 bits per heavy atom. The molecule has 3 heterocycles. The number of hydrogen-bond acceptors (Lipinski definition) is 9. The van der Waals surface area contributed by atoms with Crippen molar-refractivity contribution in [1.29, 1.82) is 0 Å². The average molecular weight is 708 g/mol. The molecule has 2 aliphatic carbocycles. The number of aromatic nitrogens is 1. The molecule has 1 aromatic heterocycles. The van der Waals surface area contributed by atoms with Crippen LogP contribution in [0.4, 0.5) is 4.39 Å². The number of halogens is 2. The first-order chi connectivity index (χ1) is 22.3. The molecule has 2 aliphatic heterocycles. The standard InChI is InChI=1S/C33H42FN5O7S.ClH/c1-19-6-4-5-7-22-17-33(22,31(42)38-47(43,44)32(34)11-12-32)37-28(40)26-16-24(18-39(26)30(41)27(35)20(2)14-19)46-29-25-9-8-23(45-3)15-21(25)10-13-36-29;/h5,7-10,13,15,19-20,22,24,26-27H,4,6,11-12,14,16-18,35H2,1-3H3,(H,37,40)(H,38,42);1H/b7-5-;/t19-,20-,22-,24-,26+,27+,33-;/m1./s1. The van der Waals surface area contributed by atoms with Gasteiger partial charge in [0, 0.05) is 36.8 Å². The van der Waals surface area contributed by atoms with Crippen LogP contribution in [0, 0.1) is 17.8 Å². The molecule has 12 nitrogen and oxygen atoms in total. The van der Waals surface area contributed by atoms with E-state index in [9.17, 15) is 27.2 Å². The van der Waals surface area contributed by atoms with Crippen molar-refractivity contribution in [1.82, 2.24) is 19.9 Å². The van der Waals surface area contributed by atoms with E-state index in [2.05, 4.69) is 17.2 Å². The van der Waals surface area contributed by atoms with Gasteiger partial charge in [-0.2, -0.15) is 0 Å². The number of amides is 3. The quantitative estimate of drug-likeness (QED) is 0.382. The maximum atomic E-state index is 14.6. The first-order valence-corrected chi connectivity index (χ1v) is 17.6. The first kappa shape index (κ1) is 35.8. The molecule has 48 heavy (non-hydrogen) atoms. The Kier molecular flexibility index (Phi) is 10.0. The van der Waals surface area contributed by atoms with Gasteiger partial charge in [0.2, 0.25) is 22.7 Å². The Labute approximate surface area is 285 Å². The van der Waals surface area contributed by atoms with Gasteiger partial charge in [-0.1, -0.05) is 26.0 Å². The van der Waals surface area contributed by atoms with E-state index in [1.807, 2.05) is 35.9 Å². The molecule has 0 unspecified atom stereocenters. The normalized spacial score (nSPS) is 32.3. The lowest BCUT2D eigenvalue weighted by molar-refractivity contribution is -0.141. The fourth-order valence-corrected chi connectivity index (χ4v) is 8.06. The minimum absolute atomic E-state index is 0. The molecule has 0 spiro atoms. The Hall–Kier alpha value is -3.49. The van der Waals surface area contributed by atoms with Crippen LogP contribution in [0.1, 0.15) is 58.8 Å². The summed E-state index contributed by atoms with van der Waals surface area (Å²) in [5.41, 5.74) is 4.91. The van der Waals surface area contributed by atoms with Crippen molar-refractivity contribution in [3.8, 4) is 11.6 Å². The van der Waals surface area contributed by atoms with Gasteiger partial charge in [0.25, 0.3) is 15.9 Å². The van der Waals surface area contributed by atoms with Crippen LogP contribution in [0.15, 0.2) is 42.6 Å². The fourth-order valence-electron chi connectivity index (χ4n) is 6.81. The van der Waals surface area contributed by atoms with Gasteiger partial charge in [-0.05, 0) is 67.2 Å². The summed E-state index contributed by atoms with van der Waals surface area (Å²) in [6, 6.07) is 5.33. The summed E-state index contributed by atoms with van der Waals surface area (Å²) in [5.74, 6) is -1.49. The van der Waals surface area contributed by atoms with E-state index in [1.54, 1.807) is 25.4 Å². The number of nitrogens with zero attached hydrogens (tertiary/aromatic N) is 2. The number of carbonyl (C=O) groups is 3. The van der Waals surface area contributed by atoms with Crippen LogP contribution < -0.4 is 25.2 Å². The monoisotopic (exact) mass is 707 g/mol.